The maximum Gasteiger partial charge on any atom is 0.0246 e. The molecule has 3 aliphatic carbocycles. The summed E-state index contributed by atoms with van der Waals surface area (Å²) in [7, 11) is 0. The van der Waals surface area contributed by atoms with E-state index in [1.165, 1.54) is 58.3 Å². The number of rotatable bonds is 7. The third kappa shape index (κ3) is 4.85. The zero-order chi connectivity index (χ0) is 22.0. The lowest BCUT2D eigenvalue weighted by molar-refractivity contribution is 0.469. The second-order valence-electron chi connectivity index (χ2n) is 10.3. The van der Waals surface area contributed by atoms with E-state index >= 15 is 0 Å². The van der Waals surface area contributed by atoms with Crippen LogP contribution in [0.1, 0.15) is 57.6 Å². The van der Waals surface area contributed by atoms with Crippen molar-refractivity contribution in [3.05, 3.63) is 113 Å². The Morgan fingerprint density at radius 3 is 2.32 bits per heavy atom. The quantitative estimate of drug-likeness (QED) is 0.396. The summed E-state index contributed by atoms with van der Waals surface area (Å²) in [5.74, 6) is 1.03. The fraction of sp³-hybridized carbons (Fsp3) is 0.355. The molecule has 0 amide bonds. The summed E-state index contributed by atoms with van der Waals surface area (Å²) in [5, 5.41) is 0. The van der Waals surface area contributed by atoms with Crippen molar-refractivity contribution in [2.75, 3.05) is 0 Å². The molecule has 0 saturated heterocycles. The van der Waals surface area contributed by atoms with E-state index in [2.05, 4.69) is 107 Å². The Morgan fingerprint density at radius 1 is 0.935 bits per heavy atom. The lowest BCUT2D eigenvalue weighted by Gasteiger charge is -2.32. The van der Waals surface area contributed by atoms with Crippen LogP contribution in [0.15, 0.2) is 102 Å². The third-order valence-electron chi connectivity index (χ3n) is 6.78. The minimum Gasteiger partial charge on any atom is -0.0952 e. The number of fused-ring (bicyclic) bond motifs is 1. The van der Waals surface area contributed by atoms with Gasteiger partial charge in [-0.05, 0) is 71.5 Å². The predicted octanol–water partition coefficient (Wildman–Crippen LogP) is 8.71. The van der Waals surface area contributed by atoms with E-state index in [-0.39, 0.29) is 5.41 Å². The fourth-order valence-electron chi connectivity index (χ4n) is 4.91. The molecule has 3 aliphatic rings. The van der Waals surface area contributed by atoms with Crippen LogP contribution < -0.4 is 0 Å². The molecule has 1 aromatic carbocycles. The van der Waals surface area contributed by atoms with Crippen LogP contribution in [0.25, 0.3) is 5.57 Å². The molecular formula is C31H36. The zero-order valence-electron chi connectivity index (χ0n) is 19.6. The van der Waals surface area contributed by atoms with Gasteiger partial charge in [0.2, 0.25) is 0 Å². The maximum atomic E-state index is 4.51. The van der Waals surface area contributed by atoms with Gasteiger partial charge in [-0.1, -0.05) is 112 Å². The molecule has 160 valence electrons. The molecule has 31 heavy (non-hydrogen) atoms. The van der Waals surface area contributed by atoms with E-state index in [0.29, 0.717) is 11.8 Å². The van der Waals surface area contributed by atoms with E-state index in [0.717, 1.165) is 6.42 Å². The molecular weight excluding hydrogens is 372 g/mol. The first-order valence-electron chi connectivity index (χ1n) is 11.8. The molecule has 0 bridgehead atoms. The summed E-state index contributed by atoms with van der Waals surface area (Å²) >= 11 is 0. The number of unbranched alkanes of at least 4 members (excludes halogenated alkanes) is 1. The van der Waals surface area contributed by atoms with Gasteiger partial charge in [0, 0.05) is 5.92 Å². The van der Waals surface area contributed by atoms with Gasteiger partial charge in [-0.15, -0.1) is 0 Å². The van der Waals surface area contributed by atoms with Crippen LogP contribution in [0.5, 0.6) is 0 Å². The van der Waals surface area contributed by atoms with Crippen molar-refractivity contribution in [2.45, 2.75) is 53.4 Å². The molecule has 0 fully saturated rings. The Morgan fingerprint density at radius 2 is 1.65 bits per heavy atom. The topological polar surface area (TPSA) is 0 Å². The van der Waals surface area contributed by atoms with Gasteiger partial charge >= 0.3 is 0 Å². The van der Waals surface area contributed by atoms with Gasteiger partial charge in [0.1, 0.15) is 0 Å². The monoisotopic (exact) mass is 408 g/mol. The van der Waals surface area contributed by atoms with Gasteiger partial charge in [-0.2, -0.15) is 0 Å². The Bertz CT molecular complexity index is 1010. The lowest BCUT2D eigenvalue weighted by atomic mass is 9.72. The summed E-state index contributed by atoms with van der Waals surface area (Å²) < 4.78 is 0. The first-order chi connectivity index (χ1) is 14.8. The zero-order valence-corrected chi connectivity index (χ0v) is 19.6. The molecule has 0 heteroatoms. The van der Waals surface area contributed by atoms with Gasteiger partial charge in [-0.3, -0.25) is 0 Å². The molecule has 0 aromatic heterocycles. The number of benzene rings is 1. The predicted molar refractivity (Wildman–Crippen MR) is 136 cm³/mol. The first-order valence-corrected chi connectivity index (χ1v) is 11.8. The number of aryl methyl sites for hydroxylation is 1. The minimum atomic E-state index is 0.129. The summed E-state index contributed by atoms with van der Waals surface area (Å²) in [4.78, 5) is 0. The highest BCUT2D eigenvalue weighted by Gasteiger charge is 2.33. The molecule has 0 N–H and O–H groups in total. The second kappa shape index (κ2) is 8.87. The van der Waals surface area contributed by atoms with Crippen molar-refractivity contribution < 1.29 is 0 Å². The minimum absolute atomic E-state index is 0.129. The average Bonchev–Trinajstić information content (AvgIpc) is 3.40. The Kier molecular flexibility index (Phi) is 6.19. The maximum absolute atomic E-state index is 4.51. The number of allylic oxidation sites excluding steroid dienone is 13. The van der Waals surface area contributed by atoms with Crippen LogP contribution in [0, 0.1) is 24.2 Å². The van der Waals surface area contributed by atoms with Crippen LogP contribution >= 0.6 is 0 Å². The van der Waals surface area contributed by atoms with Crippen LogP contribution in [0.4, 0.5) is 0 Å². The first kappa shape index (κ1) is 21.6. The summed E-state index contributed by atoms with van der Waals surface area (Å²) in [5.41, 5.74) is 9.65. The van der Waals surface area contributed by atoms with Crippen molar-refractivity contribution in [1.82, 2.24) is 0 Å². The summed E-state index contributed by atoms with van der Waals surface area (Å²) in [6.45, 7) is 13.7. The molecule has 1 atom stereocenters. The van der Waals surface area contributed by atoms with Gasteiger partial charge in [-0.25, -0.2) is 0 Å². The SMILES string of the molecule is C=C(CCCCC1C=CC=C1)C1=C2C=C(c3ccc(C)cc3)C=C(C(C)(C)C)C2C=C1. The Labute approximate surface area is 189 Å². The number of hydrogen-bond donors (Lipinski definition) is 0. The molecule has 0 radical (unpaired) electrons. The van der Waals surface area contributed by atoms with Crippen molar-refractivity contribution in [2.24, 2.45) is 17.3 Å². The highest BCUT2D eigenvalue weighted by molar-refractivity contribution is 5.81. The smallest absolute Gasteiger partial charge is 0.0246 e. The third-order valence-corrected chi connectivity index (χ3v) is 6.78. The second-order valence-corrected chi connectivity index (χ2v) is 10.3. The fourth-order valence-corrected chi connectivity index (χ4v) is 4.91. The van der Waals surface area contributed by atoms with Crippen LogP contribution in [-0.4, -0.2) is 0 Å². The van der Waals surface area contributed by atoms with Gasteiger partial charge in [0.15, 0.2) is 0 Å². The van der Waals surface area contributed by atoms with Crippen molar-refractivity contribution in [3.63, 3.8) is 0 Å². The highest BCUT2D eigenvalue weighted by atomic mass is 14.4. The molecule has 0 heterocycles. The standard InChI is InChI=1S/C31H36/c1-22-14-16-25(17-15-22)26-20-29-27(18-19-28(29)30(21-26)31(3,4)5)23(2)10-6-7-11-24-12-8-9-13-24/h8-9,12-21,24,28H,2,6-7,10-11H2,1,3-5H3. The van der Waals surface area contributed by atoms with Crippen LogP contribution in [-0.2, 0) is 0 Å². The van der Waals surface area contributed by atoms with E-state index in [1.54, 1.807) is 0 Å². The van der Waals surface area contributed by atoms with Crippen LogP contribution in [0.3, 0.4) is 0 Å². The molecule has 0 spiro atoms. The normalized spacial score (nSPS) is 20.3. The van der Waals surface area contributed by atoms with Gasteiger partial charge in [0.05, 0.1) is 0 Å². The molecule has 0 nitrogen and oxygen atoms in total. The molecule has 1 aromatic rings. The van der Waals surface area contributed by atoms with Crippen molar-refractivity contribution in [1.29, 1.82) is 0 Å². The van der Waals surface area contributed by atoms with Gasteiger partial charge in [0.25, 0.3) is 0 Å². The highest BCUT2D eigenvalue weighted by Crippen LogP contribution is 2.47. The van der Waals surface area contributed by atoms with Crippen molar-refractivity contribution in [3.8, 4) is 0 Å². The van der Waals surface area contributed by atoms with Crippen molar-refractivity contribution >= 4 is 5.57 Å². The summed E-state index contributed by atoms with van der Waals surface area (Å²) in [6, 6.07) is 8.93. The van der Waals surface area contributed by atoms with E-state index < -0.39 is 0 Å². The van der Waals surface area contributed by atoms with E-state index in [1.807, 2.05) is 0 Å². The lowest BCUT2D eigenvalue weighted by Crippen LogP contribution is -2.20. The summed E-state index contributed by atoms with van der Waals surface area (Å²) in [6.07, 6.45) is 23.3. The van der Waals surface area contributed by atoms with Gasteiger partial charge < -0.3 is 0 Å². The average molecular weight is 409 g/mol. The Hall–Kier alpha value is -2.60. The Balaban J connectivity index is 1.56. The van der Waals surface area contributed by atoms with Crippen LogP contribution in [0.2, 0.25) is 0 Å². The van der Waals surface area contributed by atoms with E-state index in [4.69, 9.17) is 0 Å². The largest absolute Gasteiger partial charge is 0.0952 e. The van der Waals surface area contributed by atoms with E-state index in [9.17, 15) is 0 Å². The number of hydrogen-bond acceptors (Lipinski definition) is 0. The molecule has 4 rings (SSSR count). The molecule has 0 saturated carbocycles. The molecule has 0 aliphatic heterocycles. The molecule has 1 unspecified atom stereocenters.